The normalized spacial score (nSPS) is 37.6. The largest absolute Gasteiger partial charge is 0.469 e. The van der Waals surface area contributed by atoms with Gasteiger partial charge in [-0.25, -0.2) is 0 Å². The minimum absolute atomic E-state index is 0.187. The lowest BCUT2D eigenvalue weighted by molar-refractivity contribution is -0.174. The van der Waals surface area contributed by atoms with Crippen LogP contribution in [0.15, 0.2) is 12.2 Å². The summed E-state index contributed by atoms with van der Waals surface area (Å²) < 4.78 is 9.30. The number of fused-ring (bicyclic) bond motifs is 1. The minimum atomic E-state index is -0.331. The minimum Gasteiger partial charge on any atom is -0.469 e. The Morgan fingerprint density at radius 1 is 0.929 bits per heavy atom. The highest BCUT2D eigenvalue weighted by Gasteiger charge is 2.59. The van der Waals surface area contributed by atoms with Crippen molar-refractivity contribution in [2.45, 2.75) is 0 Å². The average molecular weight is 196 g/mol. The Morgan fingerprint density at radius 3 is 1.50 bits per heavy atom. The molecule has 0 N–H and O–H groups in total. The predicted molar refractivity (Wildman–Crippen MR) is 47.1 cm³/mol. The number of ether oxygens (including phenoxy) is 2. The van der Waals surface area contributed by atoms with Crippen LogP contribution in [-0.4, -0.2) is 26.2 Å². The summed E-state index contributed by atoms with van der Waals surface area (Å²) in [6.45, 7) is 0. The zero-order chi connectivity index (χ0) is 10.3. The molecule has 4 heteroatoms. The first kappa shape index (κ1) is 9.24. The quantitative estimate of drug-likeness (QED) is 0.473. The summed E-state index contributed by atoms with van der Waals surface area (Å²) in [6, 6.07) is 0. The van der Waals surface area contributed by atoms with Gasteiger partial charge in [0.25, 0.3) is 0 Å². The molecule has 2 aliphatic rings. The summed E-state index contributed by atoms with van der Waals surface area (Å²) >= 11 is 0. The third kappa shape index (κ3) is 0.997. The van der Waals surface area contributed by atoms with Crippen LogP contribution < -0.4 is 0 Å². The molecule has 0 heterocycles. The zero-order valence-electron chi connectivity index (χ0n) is 8.10. The molecule has 0 aromatic heterocycles. The maximum atomic E-state index is 11.4. The standard InChI is InChI=1S/C10H12O4/c1-13-9(11)7-5-3-4-6(5)8(7)10(12)14-2/h3-8H,1-2H3/t5-,6-,7-,8-/m1/s1. The number of hydrogen-bond acceptors (Lipinski definition) is 4. The van der Waals surface area contributed by atoms with Gasteiger partial charge in [0.1, 0.15) is 0 Å². The van der Waals surface area contributed by atoms with E-state index >= 15 is 0 Å². The number of methoxy groups -OCH3 is 2. The molecule has 2 rings (SSSR count). The number of allylic oxidation sites excluding steroid dienone is 2. The Morgan fingerprint density at radius 2 is 1.29 bits per heavy atom. The van der Waals surface area contributed by atoms with Gasteiger partial charge in [-0.3, -0.25) is 9.59 Å². The van der Waals surface area contributed by atoms with E-state index in [1.54, 1.807) is 0 Å². The molecule has 14 heavy (non-hydrogen) atoms. The molecular weight excluding hydrogens is 184 g/mol. The van der Waals surface area contributed by atoms with Crippen molar-refractivity contribution in [1.29, 1.82) is 0 Å². The number of esters is 2. The summed E-state index contributed by atoms with van der Waals surface area (Å²) in [5.41, 5.74) is 0. The van der Waals surface area contributed by atoms with Crippen LogP contribution >= 0.6 is 0 Å². The molecule has 1 fully saturated rings. The van der Waals surface area contributed by atoms with Gasteiger partial charge in [-0.1, -0.05) is 12.2 Å². The zero-order valence-corrected chi connectivity index (χ0v) is 8.10. The molecule has 0 unspecified atom stereocenters. The highest BCUT2D eigenvalue weighted by atomic mass is 16.5. The summed E-state index contributed by atoms with van der Waals surface area (Å²) in [5, 5.41) is 0. The maximum absolute atomic E-state index is 11.4. The predicted octanol–water partition coefficient (Wildman–Crippen LogP) is 0.381. The van der Waals surface area contributed by atoms with E-state index in [0.717, 1.165) is 0 Å². The van der Waals surface area contributed by atoms with Crippen LogP contribution in [0, 0.1) is 23.7 Å². The van der Waals surface area contributed by atoms with Crippen LogP contribution in [0.1, 0.15) is 0 Å². The second kappa shape index (κ2) is 3.12. The topological polar surface area (TPSA) is 52.6 Å². The fraction of sp³-hybridized carbons (Fsp3) is 0.600. The maximum Gasteiger partial charge on any atom is 0.310 e. The first-order chi connectivity index (χ1) is 6.70. The van der Waals surface area contributed by atoms with Gasteiger partial charge in [0, 0.05) is 0 Å². The fourth-order valence-corrected chi connectivity index (χ4v) is 2.30. The van der Waals surface area contributed by atoms with E-state index in [1.165, 1.54) is 14.2 Å². The van der Waals surface area contributed by atoms with E-state index in [1.807, 2.05) is 12.2 Å². The van der Waals surface area contributed by atoms with Crippen LogP contribution in [0.2, 0.25) is 0 Å². The third-order valence-electron chi connectivity index (χ3n) is 3.16. The van der Waals surface area contributed by atoms with E-state index in [4.69, 9.17) is 0 Å². The lowest BCUT2D eigenvalue weighted by atomic mass is 9.51. The van der Waals surface area contributed by atoms with Gasteiger partial charge in [0.05, 0.1) is 26.1 Å². The Bertz CT molecular complexity index is 277. The van der Waals surface area contributed by atoms with Gasteiger partial charge >= 0.3 is 11.9 Å². The number of rotatable bonds is 2. The van der Waals surface area contributed by atoms with Crippen molar-refractivity contribution in [2.24, 2.45) is 23.7 Å². The summed E-state index contributed by atoms with van der Waals surface area (Å²) in [6.07, 6.45) is 3.90. The molecule has 1 saturated carbocycles. The van der Waals surface area contributed by atoms with E-state index in [-0.39, 0.29) is 35.6 Å². The summed E-state index contributed by atoms with van der Waals surface area (Å²) in [7, 11) is 2.68. The van der Waals surface area contributed by atoms with Crippen molar-refractivity contribution in [1.82, 2.24) is 0 Å². The second-order valence-electron chi connectivity index (χ2n) is 3.64. The molecule has 4 nitrogen and oxygen atoms in total. The van der Waals surface area contributed by atoms with Crippen LogP contribution in [0.5, 0.6) is 0 Å². The molecular formula is C10H12O4. The Balaban J connectivity index is 2.13. The highest BCUT2D eigenvalue weighted by molar-refractivity contribution is 5.86. The van der Waals surface area contributed by atoms with Gasteiger partial charge in [0.15, 0.2) is 0 Å². The third-order valence-corrected chi connectivity index (χ3v) is 3.16. The van der Waals surface area contributed by atoms with E-state index in [9.17, 15) is 9.59 Å². The van der Waals surface area contributed by atoms with Crippen molar-refractivity contribution in [2.75, 3.05) is 14.2 Å². The number of hydrogen-bond donors (Lipinski definition) is 0. The van der Waals surface area contributed by atoms with E-state index < -0.39 is 0 Å². The number of carbonyl (C=O) groups is 2. The van der Waals surface area contributed by atoms with Crippen LogP contribution in [0.25, 0.3) is 0 Å². The number of carbonyl (C=O) groups excluding carboxylic acids is 2. The molecule has 0 aliphatic heterocycles. The van der Waals surface area contributed by atoms with Gasteiger partial charge < -0.3 is 9.47 Å². The first-order valence-corrected chi connectivity index (χ1v) is 4.54. The molecule has 0 aromatic rings. The molecule has 76 valence electrons. The van der Waals surface area contributed by atoms with Crippen molar-refractivity contribution in [3.05, 3.63) is 12.2 Å². The van der Waals surface area contributed by atoms with Crippen molar-refractivity contribution in [3.63, 3.8) is 0 Å². The summed E-state index contributed by atoms with van der Waals surface area (Å²) in [4.78, 5) is 22.7. The lowest BCUT2D eigenvalue weighted by Crippen LogP contribution is -2.56. The molecule has 0 aromatic carbocycles. The van der Waals surface area contributed by atoms with Gasteiger partial charge in [-0.05, 0) is 11.8 Å². The van der Waals surface area contributed by atoms with Crippen molar-refractivity contribution >= 4 is 11.9 Å². The fourth-order valence-electron chi connectivity index (χ4n) is 2.30. The van der Waals surface area contributed by atoms with Crippen LogP contribution in [0.3, 0.4) is 0 Å². The SMILES string of the molecule is COC(=O)[C@@H]1[C@@H]2C=C[C@H]2[C@H]1C(=O)OC. The van der Waals surface area contributed by atoms with E-state index in [0.29, 0.717) is 0 Å². The molecule has 0 radical (unpaired) electrons. The first-order valence-electron chi connectivity index (χ1n) is 4.54. The highest BCUT2D eigenvalue weighted by Crippen LogP contribution is 2.54. The van der Waals surface area contributed by atoms with Gasteiger partial charge in [0.2, 0.25) is 0 Å². The van der Waals surface area contributed by atoms with Gasteiger partial charge in [-0.15, -0.1) is 0 Å². The average Bonchev–Trinajstić information content (AvgIpc) is 2.18. The molecule has 0 saturated heterocycles. The Hall–Kier alpha value is -1.32. The van der Waals surface area contributed by atoms with Gasteiger partial charge in [-0.2, -0.15) is 0 Å². The lowest BCUT2D eigenvalue weighted by Gasteiger charge is -2.51. The second-order valence-corrected chi connectivity index (χ2v) is 3.64. The summed E-state index contributed by atoms with van der Waals surface area (Å²) in [5.74, 6) is -0.917. The van der Waals surface area contributed by atoms with Crippen LogP contribution in [0.4, 0.5) is 0 Å². The Kier molecular flexibility index (Phi) is 2.06. The molecule has 2 aliphatic carbocycles. The van der Waals surface area contributed by atoms with Crippen molar-refractivity contribution < 1.29 is 19.1 Å². The monoisotopic (exact) mass is 196 g/mol. The van der Waals surface area contributed by atoms with E-state index in [2.05, 4.69) is 9.47 Å². The molecule has 4 atom stereocenters. The van der Waals surface area contributed by atoms with Crippen LogP contribution in [-0.2, 0) is 19.1 Å². The molecule has 0 spiro atoms. The Labute approximate surface area is 81.9 Å². The molecule has 0 bridgehead atoms. The van der Waals surface area contributed by atoms with Crippen molar-refractivity contribution in [3.8, 4) is 0 Å². The molecule has 0 amide bonds. The smallest absolute Gasteiger partial charge is 0.310 e.